The summed E-state index contributed by atoms with van der Waals surface area (Å²) in [6.07, 6.45) is 0. The summed E-state index contributed by atoms with van der Waals surface area (Å²) < 4.78 is 23.9. The summed E-state index contributed by atoms with van der Waals surface area (Å²) in [5.74, 6) is -0.0268. The van der Waals surface area contributed by atoms with Crippen molar-refractivity contribution < 1.29 is 13.9 Å². The van der Waals surface area contributed by atoms with Gasteiger partial charge in [0, 0.05) is 32.2 Å². The van der Waals surface area contributed by atoms with E-state index in [0.29, 0.717) is 0 Å². The molecule has 4 nitrogen and oxygen atoms in total. The Morgan fingerprint density at radius 1 is 1.40 bits per heavy atom. The van der Waals surface area contributed by atoms with Gasteiger partial charge in [-0.05, 0) is 24.6 Å². The first kappa shape index (κ1) is 15.2. The smallest absolute Gasteiger partial charge is 0.165 e. The van der Waals surface area contributed by atoms with Crippen molar-refractivity contribution in [3.8, 4) is 5.75 Å². The fourth-order valence-electron chi connectivity index (χ4n) is 2.33. The van der Waals surface area contributed by atoms with Crippen molar-refractivity contribution in [2.45, 2.75) is 13.0 Å². The number of morpholine rings is 1. The van der Waals surface area contributed by atoms with Gasteiger partial charge in [0.2, 0.25) is 0 Å². The molecule has 0 amide bonds. The normalized spacial score (nSPS) is 17.9. The lowest BCUT2D eigenvalue weighted by molar-refractivity contribution is 0.0382. The summed E-state index contributed by atoms with van der Waals surface area (Å²) in [6, 6.07) is 5.22. The fraction of sp³-hybridized carbons (Fsp3) is 0.600. The molecule has 1 heterocycles. The number of nitrogens with zero attached hydrogens (tertiary/aromatic N) is 1. The highest BCUT2D eigenvalue weighted by Crippen LogP contribution is 2.21. The summed E-state index contributed by atoms with van der Waals surface area (Å²) in [4.78, 5) is 2.37. The molecule has 0 radical (unpaired) electrons. The van der Waals surface area contributed by atoms with Crippen LogP contribution < -0.4 is 10.1 Å². The Morgan fingerprint density at radius 2 is 2.15 bits per heavy atom. The molecule has 1 aliphatic rings. The molecule has 5 heteroatoms. The van der Waals surface area contributed by atoms with Crippen LogP contribution >= 0.6 is 0 Å². The summed E-state index contributed by atoms with van der Waals surface area (Å²) in [5, 5.41) is 3.42. The van der Waals surface area contributed by atoms with E-state index in [0.717, 1.165) is 45.0 Å². The largest absolute Gasteiger partial charge is 0.494 e. The molecule has 2 rings (SSSR count). The molecular weight excluding hydrogens is 259 g/mol. The second-order valence-electron chi connectivity index (χ2n) is 5.02. The van der Waals surface area contributed by atoms with E-state index in [-0.39, 0.29) is 17.6 Å². The highest BCUT2D eigenvalue weighted by molar-refractivity contribution is 5.30. The van der Waals surface area contributed by atoms with Gasteiger partial charge >= 0.3 is 0 Å². The Labute approximate surface area is 119 Å². The molecule has 1 aromatic rings. The summed E-state index contributed by atoms with van der Waals surface area (Å²) in [5.41, 5.74) is 0.935. The summed E-state index contributed by atoms with van der Waals surface area (Å²) >= 11 is 0. The topological polar surface area (TPSA) is 33.7 Å². The second kappa shape index (κ2) is 7.57. The molecule has 1 aliphatic heterocycles. The molecule has 0 bridgehead atoms. The lowest BCUT2D eigenvalue weighted by atomic mass is 10.1. The summed E-state index contributed by atoms with van der Waals surface area (Å²) in [7, 11) is 1.47. The lowest BCUT2D eigenvalue weighted by Crippen LogP contribution is -2.40. The van der Waals surface area contributed by atoms with Gasteiger partial charge in [0.1, 0.15) is 0 Å². The molecule has 1 atom stereocenters. The minimum Gasteiger partial charge on any atom is -0.494 e. The van der Waals surface area contributed by atoms with Crippen molar-refractivity contribution in [3.63, 3.8) is 0 Å². The molecule has 0 saturated carbocycles. The van der Waals surface area contributed by atoms with Gasteiger partial charge in [0.15, 0.2) is 11.6 Å². The molecule has 0 aromatic heterocycles. The third-order valence-corrected chi connectivity index (χ3v) is 3.66. The van der Waals surface area contributed by atoms with Crippen LogP contribution in [0, 0.1) is 5.82 Å². The molecule has 1 saturated heterocycles. The van der Waals surface area contributed by atoms with Crippen molar-refractivity contribution in [1.29, 1.82) is 0 Å². The highest BCUT2D eigenvalue weighted by atomic mass is 19.1. The SMILES string of the molecule is COc1ccc(C(C)NCCN2CCOCC2)cc1F. The first-order chi connectivity index (χ1) is 9.70. The molecule has 1 unspecified atom stereocenters. The minimum atomic E-state index is -0.313. The number of hydrogen-bond donors (Lipinski definition) is 1. The van der Waals surface area contributed by atoms with Crippen LogP contribution in [0.5, 0.6) is 5.75 Å². The monoisotopic (exact) mass is 282 g/mol. The molecular formula is C15H23FN2O2. The molecule has 0 spiro atoms. The van der Waals surface area contributed by atoms with Crippen molar-refractivity contribution in [3.05, 3.63) is 29.6 Å². The maximum Gasteiger partial charge on any atom is 0.165 e. The van der Waals surface area contributed by atoms with Gasteiger partial charge in [0.25, 0.3) is 0 Å². The van der Waals surface area contributed by atoms with E-state index in [2.05, 4.69) is 10.2 Å². The zero-order chi connectivity index (χ0) is 14.4. The Morgan fingerprint density at radius 3 is 2.80 bits per heavy atom. The van der Waals surface area contributed by atoms with E-state index < -0.39 is 0 Å². The third-order valence-electron chi connectivity index (χ3n) is 3.66. The van der Waals surface area contributed by atoms with E-state index in [1.54, 1.807) is 6.07 Å². The van der Waals surface area contributed by atoms with Crippen molar-refractivity contribution in [2.75, 3.05) is 46.5 Å². The number of rotatable bonds is 6. The number of benzene rings is 1. The van der Waals surface area contributed by atoms with Crippen molar-refractivity contribution >= 4 is 0 Å². The van der Waals surface area contributed by atoms with Gasteiger partial charge < -0.3 is 14.8 Å². The van der Waals surface area contributed by atoms with Crippen LogP contribution in [-0.4, -0.2) is 51.4 Å². The van der Waals surface area contributed by atoms with Crippen LogP contribution in [0.1, 0.15) is 18.5 Å². The van der Waals surface area contributed by atoms with Crippen LogP contribution in [0.2, 0.25) is 0 Å². The number of nitrogens with one attached hydrogen (secondary N) is 1. The number of methoxy groups -OCH3 is 1. The van der Waals surface area contributed by atoms with Gasteiger partial charge in [-0.1, -0.05) is 6.07 Å². The first-order valence-electron chi connectivity index (χ1n) is 7.07. The standard InChI is InChI=1S/C15H23FN2O2/c1-12(13-3-4-15(19-2)14(16)11-13)17-5-6-18-7-9-20-10-8-18/h3-4,11-12,17H,5-10H2,1-2H3. The van der Waals surface area contributed by atoms with Gasteiger partial charge in [0.05, 0.1) is 20.3 Å². The van der Waals surface area contributed by atoms with Gasteiger partial charge in [-0.15, -0.1) is 0 Å². The average molecular weight is 282 g/mol. The zero-order valence-electron chi connectivity index (χ0n) is 12.2. The van der Waals surface area contributed by atoms with E-state index >= 15 is 0 Å². The lowest BCUT2D eigenvalue weighted by Gasteiger charge is -2.27. The Kier molecular flexibility index (Phi) is 5.76. The number of ether oxygens (including phenoxy) is 2. The Balaban J connectivity index is 1.79. The van der Waals surface area contributed by atoms with Gasteiger partial charge in [-0.25, -0.2) is 4.39 Å². The Bertz CT molecular complexity index is 422. The van der Waals surface area contributed by atoms with Gasteiger partial charge in [-0.2, -0.15) is 0 Å². The van der Waals surface area contributed by atoms with Crippen LogP contribution in [0.4, 0.5) is 4.39 Å². The fourth-order valence-corrected chi connectivity index (χ4v) is 2.33. The Hall–Kier alpha value is -1.17. The van der Waals surface area contributed by atoms with E-state index in [1.165, 1.54) is 13.2 Å². The van der Waals surface area contributed by atoms with Gasteiger partial charge in [-0.3, -0.25) is 4.90 Å². The number of halogens is 1. The van der Waals surface area contributed by atoms with E-state index in [1.807, 2.05) is 13.0 Å². The minimum absolute atomic E-state index is 0.122. The number of hydrogen-bond acceptors (Lipinski definition) is 4. The maximum absolute atomic E-state index is 13.6. The van der Waals surface area contributed by atoms with Crippen molar-refractivity contribution in [2.24, 2.45) is 0 Å². The van der Waals surface area contributed by atoms with E-state index in [9.17, 15) is 4.39 Å². The molecule has 112 valence electrons. The maximum atomic E-state index is 13.6. The summed E-state index contributed by atoms with van der Waals surface area (Å²) in [6.45, 7) is 7.54. The third kappa shape index (κ3) is 4.16. The van der Waals surface area contributed by atoms with Crippen LogP contribution in [-0.2, 0) is 4.74 Å². The van der Waals surface area contributed by atoms with E-state index in [4.69, 9.17) is 9.47 Å². The predicted octanol–water partition coefficient (Wildman–Crippen LogP) is 1.82. The zero-order valence-corrected chi connectivity index (χ0v) is 12.2. The first-order valence-corrected chi connectivity index (χ1v) is 7.07. The van der Waals surface area contributed by atoms with Crippen LogP contribution in [0.25, 0.3) is 0 Å². The molecule has 1 aromatic carbocycles. The van der Waals surface area contributed by atoms with Crippen LogP contribution in [0.3, 0.4) is 0 Å². The second-order valence-corrected chi connectivity index (χ2v) is 5.02. The van der Waals surface area contributed by atoms with Crippen LogP contribution in [0.15, 0.2) is 18.2 Å². The average Bonchev–Trinajstić information content (AvgIpc) is 2.48. The predicted molar refractivity (Wildman–Crippen MR) is 76.6 cm³/mol. The van der Waals surface area contributed by atoms with Crippen molar-refractivity contribution in [1.82, 2.24) is 10.2 Å². The molecule has 1 N–H and O–H groups in total. The molecule has 1 fully saturated rings. The molecule has 0 aliphatic carbocycles. The molecule has 20 heavy (non-hydrogen) atoms. The quantitative estimate of drug-likeness (QED) is 0.863. The highest BCUT2D eigenvalue weighted by Gasteiger charge is 2.12.